The van der Waals surface area contributed by atoms with E-state index in [0.717, 1.165) is 29.1 Å². The average Bonchev–Trinajstić information content (AvgIpc) is 3.52. The largest absolute Gasteiger partial charge is 0.356 e. The van der Waals surface area contributed by atoms with Crippen LogP contribution in [-0.2, 0) is 10.8 Å². The molecule has 4 atom stereocenters. The van der Waals surface area contributed by atoms with Gasteiger partial charge in [0.25, 0.3) is 0 Å². The molecule has 1 N–H and O–H groups in total. The first-order chi connectivity index (χ1) is 23.7. The molecule has 0 saturated heterocycles. The lowest BCUT2D eigenvalue weighted by Gasteiger charge is -2.46. The van der Waals surface area contributed by atoms with Crippen molar-refractivity contribution in [1.82, 2.24) is 0 Å². The first-order valence-electron chi connectivity index (χ1n) is 18.0. The van der Waals surface area contributed by atoms with Gasteiger partial charge >= 0.3 is 0 Å². The molecule has 3 fully saturated rings. The Morgan fingerprint density at radius 1 is 0.458 bits per heavy atom. The maximum Gasteiger partial charge on any atom is 0.0714 e. The number of benzene rings is 6. The van der Waals surface area contributed by atoms with E-state index in [4.69, 9.17) is 0 Å². The Labute approximate surface area is 284 Å². The highest BCUT2D eigenvalue weighted by Gasteiger charge is 2.55. The lowest BCUT2D eigenvalue weighted by molar-refractivity contribution is 0.135. The zero-order chi connectivity index (χ0) is 31.7. The molecule has 6 aromatic rings. The molecule has 0 heterocycles. The third-order valence-electron chi connectivity index (χ3n) is 12.7. The summed E-state index contributed by atoms with van der Waals surface area (Å²) in [7, 11) is 0. The van der Waals surface area contributed by atoms with Crippen molar-refractivity contribution in [2.75, 3.05) is 5.32 Å². The summed E-state index contributed by atoms with van der Waals surface area (Å²) in [6.07, 6.45) is 8.76. The van der Waals surface area contributed by atoms with Crippen molar-refractivity contribution in [3.63, 3.8) is 0 Å². The van der Waals surface area contributed by atoms with E-state index in [-0.39, 0.29) is 0 Å². The summed E-state index contributed by atoms with van der Waals surface area (Å²) in [4.78, 5) is 0. The highest BCUT2D eigenvalue weighted by Crippen LogP contribution is 2.63. The standard InChI is InChI=1S/C47H41N/c1-3-9-37(10-4-1)47(38-11-5-2-6-12-38)44-14-8-7-13-42(44)43-26-25-41(29-45(43)47)48-40-23-18-35(19-24-40)34-16-21-36(22-17-34)46-30-32-15-20-39(46)28-33(27-32)31-46/h1-14,16-19,21-26,29,32-33,39,48H,15,20,27-28,30-31H2. The fourth-order valence-corrected chi connectivity index (χ4v) is 10.8. The lowest BCUT2D eigenvalue weighted by atomic mass is 9.58. The molecule has 234 valence electrons. The molecule has 0 amide bonds. The highest BCUT2D eigenvalue weighted by atomic mass is 14.9. The van der Waals surface area contributed by atoms with Gasteiger partial charge < -0.3 is 5.32 Å². The van der Waals surface area contributed by atoms with E-state index in [9.17, 15) is 0 Å². The van der Waals surface area contributed by atoms with Crippen LogP contribution >= 0.6 is 0 Å². The van der Waals surface area contributed by atoms with Crippen LogP contribution in [0, 0.1) is 17.8 Å². The van der Waals surface area contributed by atoms with Crippen LogP contribution in [0.4, 0.5) is 11.4 Å². The highest BCUT2D eigenvalue weighted by molar-refractivity contribution is 5.88. The van der Waals surface area contributed by atoms with Gasteiger partial charge in [-0.15, -0.1) is 0 Å². The number of nitrogens with one attached hydrogen (secondary N) is 1. The summed E-state index contributed by atoms with van der Waals surface area (Å²) in [5.74, 6) is 2.86. The number of fused-ring (bicyclic) bond motifs is 5. The molecule has 10 rings (SSSR count). The average molecular weight is 620 g/mol. The van der Waals surface area contributed by atoms with Gasteiger partial charge in [0.15, 0.2) is 0 Å². The van der Waals surface area contributed by atoms with E-state index in [1.54, 1.807) is 5.56 Å². The molecule has 48 heavy (non-hydrogen) atoms. The van der Waals surface area contributed by atoms with Crippen LogP contribution in [0.3, 0.4) is 0 Å². The number of hydrogen-bond acceptors (Lipinski definition) is 1. The SMILES string of the molecule is c1ccc(C2(c3ccccc3)c3ccccc3-c3ccc(Nc4ccc(-c5ccc(C67CC8CCC6CC(C8)C7)cc5)cc4)cc32)cc1. The quantitative estimate of drug-likeness (QED) is 0.195. The summed E-state index contributed by atoms with van der Waals surface area (Å²) in [5, 5.41) is 3.76. The van der Waals surface area contributed by atoms with Crippen molar-refractivity contribution in [3.05, 3.63) is 179 Å². The van der Waals surface area contributed by atoms with Gasteiger partial charge in [0, 0.05) is 11.4 Å². The predicted octanol–water partition coefficient (Wildman–Crippen LogP) is 11.9. The predicted molar refractivity (Wildman–Crippen MR) is 199 cm³/mol. The van der Waals surface area contributed by atoms with E-state index in [1.165, 1.54) is 83.0 Å². The summed E-state index contributed by atoms with van der Waals surface area (Å²) in [6, 6.07) is 56.6. The Bertz CT molecular complexity index is 2070. The molecule has 1 heteroatoms. The Morgan fingerprint density at radius 3 is 1.79 bits per heavy atom. The van der Waals surface area contributed by atoms with Gasteiger partial charge in [0.2, 0.25) is 0 Å². The van der Waals surface area contributed by atoms with Crippen LogP contribution < -0.4 is 5.32 Å². The van der Waals surface area contributed by atoms with Crippen molar-refractivity contribution < 1.29 is 0 Å². The second-order valence-electron chi connectivity index (χ2n) is 15.1. The summed E-state index contributed by atoms with van der Waals surface area (Å²) < 4.78 is 0. The molecule has 0 aromatic heterocycles. The van der Waals surface area contributed by atoms with Gasteiger partial charge in [-0.05, 0) is 130 Å². The van der Waals surface area contributed by atoms with Crippen LogP contribution in [0.5, 0.6) is 0 Å². The molecule has 4 unspecified atom stereocenters. The van der Waals surface area contributed by atoms with Crippen molar-refractivity contribution in [2.45, 2.75) is 49.4 Å². The Balaban J connectivity index is 0.969. The zero-order valence-electron chi connectivity index (χ0n) is 27.4. The second kappa shape index (κ2) is 10.8. The van der Waals surface area contributed by atoms with E-state index < -0.39 is 5.41 Å². The molecule has 0 aliphatic heterocycles. The molecule has 4 aliphatic carbocycles. The van der Waals surface area contributed by atoms with E-state index in [2.05, 4.69) is 157 Å². The number of anilines is 2. The van der Waals surface area contributed by atoms with Crippen molar-refractivity contribution in [1.29, 1.82) is 0 Å². The van der Waals surface area contributed by atoms with E-state index in [1.807, 2.05) is 0 Å². The zero-order valence-corrected chi connectivity index (χ0v) is 27.4. The minimum atomic E-state index is -0.391. The van der Waals surface area contributed by atoms with Gasteiger partial charge in [-0.25, -0.2) is 0 Å². The molecule has 6 aromatic carbocycles. The van der Waals surface area contributed by atoms with Crippen LogP contribution in [0.2, 0.25) is 0 Å². The number of hydrogen-bond donors (Lipinski definition) is 1. The maximum absolute atomic E-state index is 3.76. The normalized spacial score (nSPS) is 24.2. The Hall–Kier alpha value is -4.88. The van der Waals surface area contributed by atoms with Crippen LogP contribution in [0.1, 0.15) is 66.3 Å². The fourth-order valence-electron chi connectivity index (χ4n) is 10.8. The maximum atomic E-state index is 3.76. The second-order valence-corrected chi connectivity index (χ2v) is 15.1. The van der Waals surface area contributed by atoms with Crippen molar-refractivity contribution in [3.8, 4) is 22.3 Å². The molecule has 3 saturated carbocycles. The molecule has 0 radical (unpaired) electrons. The van der Waals surface area contributed by atoms with Gasteiger partial charge in [-0.3, -0.25) is 0 Å². The van der Waals surface area contributed by atoms with E-state index in [0.29, 0.717) is 5.41 Å². The number of rotatable bonds is 6. The third-order valence-corrected chi connectivity index (χ3v) is 12.7. The van der Waals surface area contributed by atoms with Crippen LogP contribution in [-0.4, -0.2) is 0 Å². The molecular formula is C47H41N. The minimum Gasteiger partial charge on any atom is -0.356 e. The smallest absolute Gasteiger partial charge is 0.0714 e. The van der Waals surface area contributed by atoms with Gasteiger partial charge in [0.1, 0.15) is 0 Å². The molecule has 4 aliphatic rings. The summed E-state index contributed by atoms with van der Waals surface area (Å²) in [6.45, 7) is 0. The Morgan fingerprint density at radius 2 is 1.06 bits per heavy atom. The van der Waals surface area contributed by atoms with Gasteiger partial charge in [0.05, 0.1) is 5.41 Å². The third kappa shape index (κ3) is 4.16. The first kappa shape index (κ1) is 28.2. The molecule has 1 nitrogen and oxygen atoms in total. The Kier molecular flexibility index (Phi) is 6.35. The van der Waals surface area contributed by atoms with Crippen molar-refractivity contribution in [2.24, 2.45) is 17.8 Å². The topological polar surface area (TPSA) is 12.0 Å². The summed E-state index contributed by atoms with van der Waals surface area (Å²) >= 11 is 0. The molecule has 0 spiro atoms. The van der Waals surface area contributed by atoms with Crippen molar-refractivity contribution >= 4 is 11.4 Å². The monoisotopic (exact) mass is 619 g/mol. The van der Waals surface area contributed by atoms with Gasteiger partial charge in [-0.2, -0.15) is 0 Å². The van der Waals surface area contributed by atoms with E-state index >= 15 is 0 Å². The molecule has 3 bridgehead atoms. The van der Waals surface area contributed by atoms with Crippen LogP contribution in [0.15, 0.2) is 152 Å². The molecular weight excluding hydrogens is 579 g/mol. The summed E-state index contributed by atoms with van der Waals surface area (Å²) in [5.41, 5.74) is 14.3. The first-order valence-corrected chi connectivity index (χ1v) is 18.0. The lowest BCUT2D eigenvalue weighted by Crippen LogP contribution is -2.39. The minimum absolute atomic E-state index is 0.391. The fraction of sp³-hybridized carbons (Fsp3) is 0.234. The van der Waals surface area contributed by atoms with Crippen LogP contribution in [0.25, 0.3) is 22.3 Å². The van der Waals surface area contributed by atoms with Gasteiger partial charge in [-0.1, -0.05) is 134 Å².